The van der Waals surface area contributed by atoms with Gasteiger partial charge in [0.25, 0.3) is 5.91 Å². The summed E-state index contributed by atoms with van der Waals surface area (Å²) in [6, 6.07) is 10.6. The first kappa shape index (κ1) is 21.3. The van der Waals surface area contributed by atoms with Gasteiger partial charge in [-0.15, -0.1) is 0 Å². The SMILES string of the molecule is CCOC(=O)c1ccc(C(=O)Nc2ccccc2N2CCC(C(N)=O)CC2)nc1C. The fraction of sp³-hybridized carbons (Fsp3) is 0.364. The molecule has 30 heavy (non-hydrogen) atoms. The second kappa shape index (κ2) is 9.39. The number of hydrogen-bond acceptors (Lipinski definition) is 6. The molecule has 0 bridgehead atoms. The van der Waals surface area contributed by atoms with Gasteiger partial charge in [0.1, 0.15) is 5.69 Å². The first-order valence-corrected chi connectivity index (χ1v) is 10.00. The Bertz CT molecular complexity index is 952. The maximum Gasteiger partial charge on any atom is 0.339 e. The van der Waals surface area contributed by atoms with E-state index in [1.165, 1.54) is 6.07 Å². The van der Waals surface area contributed by atoms with Gasteiger partial charge in [-0.05, 0) is 51.0 Å². The predicted molar refractivity (Wildman–Crippen MR) is 113 cm³/mol. The molecule has 0 unspecified atom stereocenters. The lowest BCUT2D eigenvalue weighted by Crippen LogP contribution is -2.38. The molecule has 158 valence electrons. The average molecular weight is 410 g/mol. The van der Waals surface area contributed by atoms with E-state index < -0.39 is 5.97 Å². The number of carbonyl (C=O) groups is 3. The number of para-hydroxylation sites is 2. The minimum absolute atomic E-state index is 0.104. The van der Waals surface area contributed by atoms with E-state index in [0.717, 1.165) is 5.69 Å². The van der Waals surface area contributed by atoms with Gasteiger partial charge in [-0.3, -0.25) is 9.59 Å². The van der Waals surface area contributed by atoms with Crippen LogP contribution in [0.4, 0.5) is 11.4 Å². The molecule has 2 amide bonds. The van der Waals surface area contributed by atoms with E-state index >= 15 is 0 Å². The molecular weight excluding hydrogens is 384 g/mol. The molecule has 1 aliphatic rings. The highest BCUT2D eigenvalue weighted by Crippen LogP contribution is 2.30. The van der Waals surface area contributed by atoms with Gasteiger partial charge in [-0.2, -0.15) is 0 Å². The average Bonchev–Trinajstić information content (AvgIpc) is 2.74. The van der Waals surface area contributed by atoms with Crippen LogP contribution in [0, 0.1) is 12.8 Å². The molecule has 1 fully saturated rings. The summed E-state index contributed by atoms with van der Waals surface area (Å²) in [6.45, 7) is 5.04. The van der Waals surface area contributed by atoms with E-state index in [0.29, 0.717) is 42.9 Å². The molecule has 1 aromatic heterocycles. The third-order valence-electron chi connectivity index (χ3n) is 5.20. The summed E-state index contributed by atoms with van der Waals surface area (Å²) in [7, 11) is 0. The number of nitrogens with two attached hydrogens (primary N) is 1. The molecule has 8 heteroatoms. The first-order valence-electron chi connectivity index (χ1n) is 10.00. The Morgan fingerprint density at radius 3 is 2.50 bits per heavy atom. The smallest absolute Gasteiger partial charge is 0.339 e. The molecule has 2 heterocycles. The number of aryl methyl sites for hydroxylation is 1. The number of nitrogens with one attached hydrogen (secondary N) is 1. The highest BCUT2D eigenvalue weighted by molar-refractivity contribution is 6.05. The Morgan fingerprint density at radius 1 is 1.17 bits per heavy atom. The van der Waals surface area contributed by atoms with Crippen LogP contribution in [-0.4, -0.2) is 42.5 Å². The zero-order valence-electron chi connectivity index (χ0n) is 17.2. The molecule has 3 rings (SSSR count). The minimum atomic E-state index is -0.459. The third-order valence-corrected chi connectivity index (χ3v) is 5.20. The van der Waals surface area contributed by atoms with Gasteiger partial charge in [0.2, 0.25) is 5.91 Å². The number of amides is 2. The number of benzene rings is 1. The van der Waals surface area contributed by atoms with Crippen molar-refractivity contribution in [1.29, 1.82) is 0 Å². The van der Waals surface area contributed by atoms with Crippen LogP contribution >= 0.6 is 0 Å². The number of carbonyl (C=O) groups excluding carboxylic acids is 3. The fourth-order valence-electron chi connectivity index (χ4n) is 3.56. The third kappa shape index (κ3) is 4.76. The summed E-state index contributed by atoms with van der Waals surface area (Å²) >= 11 is 0. The molecule has 0 radical (unpaired) electrons. The maximum atomic E-state index is 12.8. The van der Waals surface area contributed by atoms with Crippen molar-refractivity contribution in [2.75, 3.05) is 29.9 Å². The number of primary amides is 1. The highest BCUT2D eigenvalue weighted by Gasteiger charge is 2.25. The Hall–Kier alpha value is -3.42. The normalized spacial score (nSPS) is 14.3. The molecule has 8 nitrogen and oxygen atoms in total. The van der Waals surface area contributed by atoms with Gasteiger partial charge in [-0.1, -0.05) is 12.1 Å². The molecule has 0 spiro atoms. The topological polar surface area (TPSA) is 115 Å². The number of nitrogens with zero attached hydrogens (tertiary/aromatic N) is 2. The van der Waals surface area contributed by atoms with Crippen LogP contribution in [0.3, 0.4) is 0 Å². The lowest BCUT2D eigenvalue weighted by atomic mass is 9.96. The van der Waals surface area contributed by atoms with Gasteiger partial charge >= 0.3 is 5.97 Å². The number of piperidine rings is 1. The van der Waals surface area contributed by atoms with Crippen LogP contribution in [-0.2, 0) is 9.53 Å². The molecule has 0 saturated carbocycles. The summed E-state index contributed by atoms with van der Waals surface area (Å²) in [5.41, 5.74) is 7.95. The quantitative estimate of drug-likeness (QED) is 0.707. The summed E-state index contributed by atoms with van der Waals surface area (Å²) in [5.74, 6) is -1.19. The van der Waals surface area contributed by atoms with Crippen molar-refractivity contribution in [2.45, 2.75) is 26.7 Å². The van der Waals surface area contributed by atoms with Gasteiger partial charge in [0.05, 0.1) is 29.2 Å². The highest BCUT2D eigenvalue weighted by atomic mass is 16.5. The lowest BCUT2D eigenvalue weighted by Gasteiger charge is -2.33. The standard InChI is InChI=1S/C22H26N4O4/c1-3-30-22(29)16-8-9-18(24-14(16)2)21(28)25-17-6-4-5-7-19(17)26-12-10-15(11-13-26)20(23)27/h4-9,15H,3,10-13H2,1-2H3,(H2,23,27)(H,25,28). The number of hydrogen-bond donors (Lipinski definition) is 2. The van der Waals surface area contributed by atoms with Crippen molar-refractivity contribution in [1.82, 2.24) is 4.98 Å². The number of anilines is 2. The molecular formula is C22H26N4O4. The van der Waals surface area contributed by atoms with Crippen molar-refractivity contribution < 1.29 is 19.1 Å². The monoisotopic (exact) mass is 410 g/mol. The van der Waals surface area contributed by atoms with Gasteiger partial charge in [-0.25, -0.2) is 9.78 Å². The van der Waals surface area contributed by atoms with Crippen LogP contribution in [0.15, 0.2) is 36.4 Å². The maximum absolute atomic E-state index is 12.8. The van der Waals surface area contributed by atoms with Crippen molar-refractivity contribution >= 4 is 29.2 Å². The molecule has 2 aromatic rings. The Labute approximate surface area is 175 Å². The second-order valence-corrected chi connectivity index (χ2v) is 7.18. The molecule has 1 aliphatic heterocycles. The fourth-order valence-corrected chi connectivity index (χ4v) is 3.56. The predicted octanol–water partition coefficient (Wildman–Crippen LogP) is 2.52. The molecule has 3 N–H and O–H groups in total. The van der Waals surface area contributed by atoms with Crippen LogP contribution < -0.4 is 16.0 Å². The van der Waals surface area contributed by atoms with Crippen molar-refractivity contribution in [2.24, 2.45) is 11.7 Å². The van der Waals surface area contributed by atoms with Gasteiger partial charge in [0.15, 0.2) is 0 Å². The van der Waals surface area contributed by atoms with E-state index in [1.54, 1.807) is 19.9 Å². The van der Waals surface area contributed by atoms with E-state index in [4.69, 9.17) is 10.5 Å². The van der Waals surface area contributed by atoms with Crippen LogP contribution in [0.1, 0.15) is 46.3 Å². The summed E-state index contributed by atoms with van der Waals surface area (Å²) in [6.07, 6.45) is 1.38. The summed E-state index contributed by atoms with van der Waals surface area (Å²) in [4.78, 5) is 42.5. The number of ether oxygens (including phenoxy) is 1. The van der Waals surface area contributed by atoms with E-state index in [1.807, 2.05) is 24.3 Å². The lowest BCUT2D eigenvalue weighted by molar-refractivity contribution is -0.122. The van der Waals surface area contributed by atoms with Crippen LogP contribution in [0.25, 0.3) is 0 Å². The number of rotatable bonds is 6. The number of esters is 1. The summed E-state index contributed by atoms with van der Waals surface area (Å²) in [5, 5.41) is 2.91. The zero-order chi connectivity index (χ0) is 21.7. The molecule has 1 aromatic carbocycles. The van der Waals surface area contributed by atoms with Crippen LogP contribution in [0.5, 0.6) is 0 Å². The number of pyridine rings is 1. The van der Waals surface area contributed by atoms with Gasteiger partial charge in [0, 0.05) is 19.0 Å². The van der Waals surface area contributed by atoms with Crippen LogP contribution in [0.2, 0.25) is 0 Å². The Kier molecular flexibility index (Phi) is 6.66. The number of aromatic nitrogens is 1. The van der Waals surface area contributed by atoms with E-state index in [-0.39, 0.29) is 30.0 Å². The van der Waals surface area contributed by atoms with Gasteiger partial charge < -0.3 is 20.7 Å². The van der Waals surface area contributed by atoms with E-state index in [9.17, 15) is 14.4 Å². The molecule has 0 aliphatic carbocycles. The van der Waals surface area contributed by atoms with Crippen molar-refractivity contribution in [3.05, 3.63) is 53.3 Å². The Balaban J connectivity index is 1.74. The first-order chi connectivity index (χ1) is 14.4. The van der Waals surface area contributed by atoms with E-state index in [2.05, 4.69) is 15.2 Å². The Morgan fingerprint density at radius 2 is 1.87 bits per heavy atom. The second-order valence-electron chi connectivity index (χ2n) is 7.18. The van der Waals surface area contributed by atoms with Crippen molar-refractivity contribution in [3.63, 3.8) is 0 Å². The van der Waals surface area contributed by atoms with Crippen molar-refractivity contribution in [3.8, 4) is 0 Å². The largest absolute Gasteiger partial charge is 0.462 e. The zero-order valence-corrected chi connectivity index (χ0v) is 17.2. The minimum Gasteiger partial charge on any atom is -0.462 e. The molecule has 0 atom stereocenters. The molecule has 1 saturated heterocycles. The summed E-state index contributed by atoms with van der Waals surface area (Å²) < 4.78 is 5.00.